The van der Waals surface area contributed by atoms with Gasteiger partial charge in [-0.15, -0.1) is 0 Å². The van der Waals surface area contributed by atoms with Gasteiger partial charge in [0, 0.05) is 18.4 Å². The van der Waals surface area contributed by atoms with E-state index >= 15 is 0 Å². The van der Waals surface area contributed by atoms with E-state index in [9.17, 15) is 9.18 Å². The van der Waals surface area contributed by atoms with Gasteiger partial charge in [0.25, 0.3) is 0 Å². The Kier molecular flexibility index (Phi) is 5.94. The zero-order chi connectivity index (χ0) is 22.6. The molecule has 1 amide bonds. The topological polar surface area (TPSA) is 54.9 Å². The number of hydrogen-bond acceptors (Lipinski definition) is 3. The average molecular weight is 438 g/mol. The van der Waals surface area contributed by atoms with Gasteiger partial charge < -0.3 is 5.32 Å². The first kappa shape index (κ1) is 21.0. The Morgan fingerprint density at radius 3 is 2.36 bits per heavy atom. The van der Waals surface area contributed by atoms with Gasteiger partial charge in [-0.05, 0) is 54.2 Å². The number of benzene rings is 3. The number of aromatic nitrogens is 2. The van der Waals surface area contributed by atoms with Crippen LogP contribution in [0.4, 0.5) is 10.2 Å². The number of nitrogens with zero attached hydrogens (tertiary/aromatic N) is 2. The van der Waals surface area contributed by atoms with E-state index in [2.05, 4.69) is 5.32 Å². The molecule has 0 unspecified atom stereocenters. The largest absolute Gasteiger partial charge is 0.309 e. The second-order valence-corrected chi connectivity index (χ2v) is 8.31. The lowest BCUT2D eigenvalue weighted by Gasteiger charge is -2.21. The van der Waals surface area contributed by atoms with Gasteiger partial charge in [0.05, 0.1) is 17.1 Å². The third-order valence-corrected chi connectivity index (χ3v) is 5.95. The van der Waals surface area contributed by atoms with Gasteiger partial charge >= 0.3 is 0 Å². The fraction of sp³-hybridized carbons (Fsp3) is 0.179. The highest BCUT2D eigenvalue weighted by Gasteiger charge is 2.23. The summed E-state index contributed by atoms with van der Waals surface area (Å²) in [5, 5.41) is 3.01. The third kappa shape index (κ3) is 4.82. The van der Waals surface area contributed by atoms with Gasteiger partial charge in [0.2, 0.25) is 5.91 Å². The molecule has 4 aromatic rings. The predicted octanol–water partition coefficient (Wildman–Crippen LogP) is 5.54. The van der Waals surface area contributed by atoms with Crippen molar-refractivity contribution >= 4 is 11.7 Å². The van der Waals surface area contributed by atoms with Crippen LogP contribution < -0.4 is 5.32 Å². The van der Waals surface area contributed by atoms with E-state index < -0.39 is 0 Å². The number of aryl methyl sites for hydroxylation is 3. The number of hydrogen-bond donors (Lipinski definition) is 1. The molecule has 1 aliphatic rings. The first-order valence-corrected chi connectivity index (χ1v) is 11.2. The Balaban J connectivity index is 1.46. The van der Waals surface area contributed by atoms with Gasteiger partial charge in [-0.1, -0.05) is 60.7 Å². The highest BCUT2D eigenvalue weighted by molar-refractivity contribution is 5.90. The van der Waals surface area contributed by atoms with Crippen molar-refractivity contribution in [2.24, 2.45) is 0 Å². The molecule has 5 heteroatoms. The van der Waals surface area contributed by atoms with Crippen LogP contribution in [0.15, 0.2) is 78.9 Å². The first-order chi connectivity index (χ1) is 16.2. The molecule has 0 saturated carbocycles. The third-order valence-electron chi connectivity index (χ3n) is 5.95. The molecule has 0 saturated heterocycles. The van der Waals surface area contributed by atoms with Gasteiger partial charge in [-0.3, -0.25) is 4.79 Å². The zero-order valence-corrected chi connectivity index (χ0v) is 18.2. The number of halogens is 1. The minimum absolute atomic E-state index is 0.0827. The van der Waals surface area contributed by atoms with Crippen LogP contribution in [0.3, 0.4) is 0 Å². The van der Waals surface area contributed by atoms with Gasteiger partial charge in [-0.25, -0.2) is 14.4 Å². The molecule has 3 aromatic carbocycles. The normalized spacial score (nSPS) is 12.0. The molecular weight excluding hydrogens is 413 g/mol. The van der Waals surface area contributed by atoms with Gasteiger partial charge in [-0.2, -0.15) is 0 Å². The highest BCUT2D eigenvalue weighted by Crippen LogP contribution is 2.33. The highest BCUT2D eigenvalue weighted by atomic mass is 19.1. The first-order valence-electron chi connectivity index (χ1n) is 11.2. The maximum absolute atomic E-state index is 13.8. The molecule has 0 radical (unpaired) electrons. The van der Waals surface area contributed by atoms with Crippen molar-refractivity contribution in [2.75, 3.05) is 5.32 Å². The van der Waals surface area contributed by atoms with Crippen molar-refractivity contribution in [2.45, 2.75) is 32.1 Å². The molecule has 0 fully saturated rings. The molecule has 1 aromatic heterocycles. The smallest absolute Gasteiger partial charge is 0.225 e. The van der Waals surface area contributed by atoms with Crippen LogP contribution in [0.25, 0.3) is 11.3 Å². The molecule has 1 N–H and O–H groups in total. The molecule has 1 aliphatic carbocycles. The summed E-state index contributed by atoms with van der Waals surface area (Å²) in [5.41, 5.74) is 6.40. The Morgan fingerprint density at radius 1 is 0.879 bits per heavy atom. The SMILES string of the molecule is O=C(CCc1ccccc1)Nc1nc2c(nc1Cc1ccccc1)-c1ccc(F)cc1CC2. The summed E-state index contributed by atoms with van der Waals surface area (Å²) in [6, 6.07) is 24.8. The summed E-state index contributed by atoms with van der Waals surface area (Å²) < 4.78 is 13.8. The number of rotatable bonds is 6. The van der Waals surface area contributed by atoms with E-state index in [-0.39, 0.29) is 11.7 Å². The summed E-state index contributed by atoms with van der Waals surface area (Å²) in [7, 11) is 0. The van der Waals surface area contributed by atoms with Gasteiger partial charge in [0.1, 0.15) is 5.82 Å². The van der Waals surface area contributed by atoms with Crippen molar-refractivity contribution in [3.8, 4) is 11.3 Å². The molecule has 0 bridgehead atoms. The number of nitrogens with one attached hydrogen (secondary N) is 1. The van der Waals surface area contributed by atoms with E-state index in [4.69, 9.17) is 9.97 Å². The van der Waals surface area contributed by atoms with E-state index in [0.29, 0.717) is 43.6 Å². The monoisotopic (exact) mass is 437 g/mol. The van der Waals surface area contributed by atoms with Gasteiger partial charge in [0.15, 0.2) is 5.82 Å². The van der Waals surface area contributed by atoms with E-state index in [1.165, 1.54) is 6.07 Å². The summed E-state index contributed by atoms with van der Waals surface area (Å²) in [6.07, 6.45) is 2.95. The fourth-order valence-corrected chi connectivity index (χ4v) is 4.26. The van der Waals surface area contributed by atoms with E-state index in [1.54, 1.807) is 12.1 Å². The molecule has 0 aliphatic heterocycles. The maximum atomic E-state index is 13.8. The van der Waals surface area contributed by atoms with Crippen molar-refractivity contribution in [1.82, 2.24) is 9.97 Å². The summed E-state index contributed by atoms with van der Waals surface area (Å²) >= 11 is 0. The van der Waals surface area contributed by atoms with Crippen molar-refractivity contribution < 1.29 is 9.18 Å². The Hall–Kier alpha value is -3.86. The van der Waals surface area contributed by atoms with Crippen LogP contribution in [0.5, 0.6) is 0 Å². The molecule has 0 spiro atoms. The van der Waals surface area contributed by atoms with Crippen LogP contribution in [-0.4, -0.2) is 15.9 Å². The number of fused-ring (bicyclic) bond motifs is 3. The van der Waals surface area contributed by atoms with Crippen LogP contribution in [0.1, 0.15) is 34.5 Å². The second-order valence-electron chi connectivity index (χ2n) is 8.31. The standard InChI is InChI=1S/C28H24FN3O/c29-22-13-14-23-21(18-22)12-15-24-27(23)30-25(17-20-9-5-2-6-10-20)28(31-24)32-26(33)16-11-19-7-3-1-4-8-19/h1-10,13-14,18H,11-12,15-17H2,(H,31,32,33). The molecule has 5 rings (SSSR count). The lowest BCUT2D eigenvalue weighted by atomic mass is 9.91. The van der Waals surface area contributed by atoms with Crippen LogP contribution >= 0.6 is 0 Å². The summed E-state index contributed by atoms with van der Waals surface area (Å²) in [4.78, 5) is 22.6. The molecule has 4 nitrogen and oxygen atoms in total. The number of carbonyl (C=O) groups excluding carboxylic acids is 1. The minimum atomic E-state index is -0.239. The summed E-state index contributed by atoms with van der Waals surface area (Å²) in [6.45, 7) is 0. The van der Waals surface area contributed by atoms with Crippen LogP contribution in [-0.2, 0) is 30.5 Å². The fourth-order valence-electron chi connectivity index (χ4n) is 4.26. The number of carbonyl (C=O) groups is 1. The average Bonchev–Trinajstić information content (AvgIpc) is 2.84. The molecule has 164 valence electrons. The predicted molar refractivity (Wildman–Crippen MR) is 127 cm³/mol. The van der Waals surface area contributed by atoms with Crippen LogP contribution in [0, 0.1) is 5.82 Å². The Labute approximate surface area is 192 Å². The Morgan fingerprint density at radius 2 is 1.61 bits per heavy atom. The molecule has 33 heavy (non-hydrogen) atoms. The van der Waals surface area contributed by atoms with E-state index in [0.717, 1.165) is 33.6 Å². The van der Waals surface area contributed by atoms with Crippen molar-refractivity contribution in [3.05, 3.63) is 113 Å². The van der Waals surface area contributed by atoms with Crippen LogP contribution in [0.2, 0.25) is 0 Å². The second kappa shape index (κ2) is 9.33. The molecule has 1 heterocycles. The number of amides is 1. The number of anilines is 1. The summed E-state index contributed by atoms with van der Waals surface area (Å²) in [5.74, 6) is 0.193. The molecular formula is C28H24FN3O. The van der Waals surface area contributed by atoms with Crippen molar-refractivity contribution in [1.29, 1.82) is 0 Å². The van der Waals surface area contributed by atoms with E-state index in [1.807, 2.05) is 60.7 Å². The molecule has 0 atom stereocenters. The van der Waals surface area contributed by atoms with Crippen molar-refractivity contribution in [3.63, 3.8) is 0 Å². The quantitative estimate of drug-likeness (QED) is 0.431. The maximum Gasteiger partial charge on any atom is 0.225 e. The lowest BCUT2D eigenvalue weighted by molar-refractivity contribution is -0.116. The zero-order valence-electron chi connectivity index (χ0n) is 18.2. The minimum Gasteiger partial charge on any atom is -0.309 e. The lowest BCUT2D eigenvalue weighted by Crippen LogP contribution is -2.19. The Bertz CT molecular complexity index is 1290.